The molecule has 4 nitrogen and oxygen atoms in total. The number of carbonyl (C=O) groups excluding carboxylic acids is 1. The number of carbonyl (C=O) groups is 2. The van der Waals surface area contributed by atoms with Gasteiger partial charge in [0.15, 0.2) is 5.78 Å². The van der Waals surface area contributed by atoms with E-state index in [1.807, 2.05) is 19.1 Å². The molecule has 0 radical (unpaired) electrons. The summed E-state index contributed by atoms with van der Waals surface area (Å²) in [5.74, 6) is -0.502. The molecule has 1 aromatic rings. The van der Waals surface area contributed by atoms with Crippen LogP contribution in [0.4, 0.5) is 0 Å². The van der Waals surface area contributed by atoms with Gasteiger partial charge in [0.1, 0.15) is 0 Å². The quantitative estimate of drug-likeness (QED) is 0.717. The molecule has 0 aliphatic heterocycles. The second-order valence-corrected chi connectivity index (χ2v) is 5.52. The number of nitrogens with one attached hydrogen (secondary N) is 1. The second kappa shape index (κ2) is 7.80. The molecule has 0 spiro atoms. The normalized spacial score (nSPS) is 12.4. The first-order valence-corrected chi connectivity index (χ1v) is 6.96. The van der Waals surface area contributed by atoms with Crippen LogP contribution in [-0.2, 0) is 4.79 Å². The van der Waals surface area contributed by atoms with Crippen LogP contribution in [0.3, 0.4) is 0 Å². The zero-order valence-corrected chi connectivity index (χ0v) is 12.3. The van der Waals surface area contributed by atoms with Crippen molar-refractivity contribution >= 4 is 11.8 Å². The van der Waals surface area contributed by atoms with E-state index in [-0.39, 0.29) is 12.2 Å². The Hall–Kier alpha value is -1.68. The lowest BCUT2D eigenvalue weighted by Crippen LogP contribution is -2.39. The Labute approximate surface area is 120 Å². The topological polar surface area (TPSA) is 66.4 Å². The first kappa shape index (κ1) is 16.4. The number of aliphatic carboxylic acids is 1. The van der Waals surface area contributed by atoms with Gasteiger partial charge in [-0.25, -0.2) is 0 Å². The largest absolute Gasteiger partial charge is 0.481 e. The van der Waals surface area contributed by atoms with Gasteiger partial charge < -0.3 is 10.4 Å². The van der Waals surface area contributed by atoms with Gasteiger partial charge in [-0.05, 0) is 25.8 Å². The number of carboxylic acids is 1. The molecule has 20 heavy (non-hydrogen) atoms. The van der Waals surface area contributed by atoms with Crippen LogP contribution >= 0.6 is 0 Å². The number of ketones is 1. The molecule has 0 saturated heterocycles. The fourth-order valence-electron chi connectivity index (χ4n) is 1.89. The van der Waals surface area contributed by atoms with Gasteiger partial charge in [-0.3, -0.25) is 9.59 Å². The van der Waals surface area contributed by atoms with Gasteiger partial charge >= 0.3 is 5.97 Å². The minimum Gasteiger partial charge on any atom is -0.481 e. The second-order valence-electron chi connectivity index (χ2n) is 5.52. The Morgan fingerprint density at radius 1 is 1.20 bits per heavy atom. The van der Waals surface area contributed by atoms with Gasteiger partial charge in [-0.15, -0.1) is 0 Å². The smallest absolute Gasteiger partial charge is 0.303 e. The molecule has 1 rings (SSSR count). The van der Waals surface area contributed by atoms with Crippen LogP contribution < -0.4 is 5.32 Å². The van der Waals surface area contributed by atoms with Crippen LogP contribution in [0.2, 0.25) is 0 Å². The van der Waals surface area contributed by atoms with Crippen molar-refractivity contribution in [1.29, 1.82) is 0 Å². The van der Waals surface area contributed by atoms with Crippen molar-refractivity contribution in [3.63, 3.8) is 0 Å². The molecule has 0 bridgehead atoms. The van der Waals surface area contributed by atoms with Crippen LogP contribution in [0.1, 0.15) is 42.6 Å². The van der Waals surface area contributed by atoms with Crippen LogP contribution in [-0.4, -0.2) is 29.4 Å². The highest BCUT2D eigenvalue weighted by Gasteiger charge is 2.20. The number of rotatable bonds is 8. The summed E-state index contributed by atoms with van der Waals surface area (Å²) in [6.45, 7) is 6.77. The summed E-state index contributed by atoms with van der Waals surface area (Å²) in [6, 6.07) is 6.94. The molecule has 1 atom stereocenters. The summed E-state index contributed by atoms with van der Waals surface area (Å²) in [5, 5.41) is 12.0. The number of hydrogen-bond donors (Lipinski definition) is 2. The van der Waals surface area contributed by atoms with E-state index in [0.29, 0.717) is 24.4 Å². The average Bonchev–Trinajstić information content (AvgIpc) is 2.38. The maximum absolute atomic E-state index is 12.4. The van der Waals surface area contributed by atoms with Gasteiger partial charge in [0.25, 0.3) is 0 Å². The molecule has 0 saturated carbocycles. The molecule has 0 heterocycles. The Morgan fingerprint density at radius 2 is 1.80 bits per heavy atom. The van der Waals surface area contributed by atoms with Crippen molar-refractivity contribution < 1.29 is 14.7 Å². The van der Waals surface area contributed by atoms with Gasteiger partial charge in [0.05, 0.1) is 6.04 Å². The lowest BCUT2D eigenvalue weighted by molar-refractivity contribution is -0.137. The maximum Gasteiger partial charge on any atom is 0.303 e. The molecular formula is C16H23NO3. The molecular weight excluding hydrogens is 254 g/mol. The lowest BCUT2D eigenvalue weighted by atomic mass is 9.98. The van der Waals surface area contributed by atoms with Crippen molar-refractivity contribution in [3.05, 3.63) is 35.4 Å². The maximum atomic E-state index is 12.4. The van der Waals surface area contributed by atoms with Crippen LogP contribution in [0.5, 0.6) is 0 Å². The first-order valence-electron chi connectivity index (χ1n) is 6.96. The lowest BCUT2D eigenvalue weighted by Gasteiger charge is -2.18. The van der Waals surface area contributed by atoms with E-state index >= 15 is 0 Å². The minimum absolute atomic E-state index is 0.00658. The highest BCUT2D eigenvalue weighted by atomic mass is 16.4. The van der Waals surface area contributed by atoms with Crippen molar-refractivity contribution in [3.8, 4) is 0 Å². The highest BCUT2D eigenvalue weighted by Crippen LogP contribution is 2.10. The molecule has 0 amide bonds. The third kappa shape index (κ3) is 5.53. The van der Waals surface area contributed by atoms with E-state index in [4.69, 9.17) is 5.11 Å². The van der Waals surface area contributed by atoms with Crippen molar-refractivity contribution in [2.45, 2.75) is 39.7 Å². The molecule has 2 N–H and O–H groups in total. The molecule has 0 fully saturated rings. The van der Waals surface area contributed by atoms with E-state index in [2.05, 4.69) is 19.2 Å². The van der Waals surface area contributed by atoms with Gasteiger partial charge in [0.2, 0.25) is 0 Å². The van der Waals surface area contributed by atoms with E-state index in [9.17, 15) is 9.59 Å². The van der Waals surface area contributed by atoms with Gasteiger partial charge in [-0.1, -0.05) is 43.7 Å². The third-order valence-electron chi connectivity index (χ3n) is 3.07. The number of Topliss-reactive ketones (excluding diaryl/α,β-unsaturated/α-hetero) is 1. The van der Waals surface area contributed by atoms with Crippen molar-refractivity contribution in [2.75, 3.05) is 6.54 Å². The summed E-state index contributed by atoms with van der Waals surface area (Å²) in [7, 11) is 0. The highest BCUT2D eigenvalue weighted by molar-refractivity contribution is 6.00. The first-order chi connectivity index (χ1) is 9.40. The number of aryl methyl sites for hydroxylation is 1. The molecule has 0 aliphatic carbocycles. The molecule has 1 aromatic carbocycles. The molecule has 4 heteroatoms. The third-order valence-corrected chi connectivity index (χ3v) is 3.07. The minimum atomic E-state index is -0.877. The fraction of sp³-hybridized carbons (Fsp3) is 0.500. The standard InChI is InChI=1S/C16H23NO3/c1-11(2)10-17-14(8-9-15(18)19)16(20)13-6-4-12(3)5-7-13/h4-7,11,14,17H,8-10H2,1-3H3,(H,18,19). The summed E-state index contributed by atoms with van der Waals surface area (Å²) < 4.78 is 0. The Balaban J connectivity index is 2.76. The summed E-state index contributed by atoms with van der Waals surface area (Å²) in [6.07, 6.45) is 0.308. The number of benzene rings is 1. The fourth-order valence-corrected chi connectivity index (χ4v) is 1.89. The Bertz CT molecular complexity index is 451. The van der Waals surface area contributed by atoms with E-state index in [1.54, 1.807) is 12.1 Å². The molecule has 0 aliphatic rings. The predicted octanol–water partition coefficient (Wildman–Crippen LogP) is 2.66. The van der Waals surface area contributed by atoms with Crippen molar-refractivity contribution in [2.24, 2.45) is 5.92 Å². The summed E-state index contributed by atoms with van der Waals surface area (Å²) >= 11 is 0. The van der Waals surface area contributed by atoms with Gasteiger partial charge in [0, 0.05) is 12.0 Å². The molecule has 110 valence electrons. The number of hydrogen-bond acceptors (Lipinski definition) is 3. The van der Waals surface area contributed by atoms with Crippen LogP contribution in [0, 0.1) is 12.8 Å². The molecule has 0 aromatic heterocycles. The van der Waals surface area contributed by atoms with E-state index < -0.39 is 12.0 Å². The summed E-state index contributed by atoms with van der Waals surface area (Å²) in [5.41, 5.74) is 1.72. The zero-order chi connectivity index (χ0) is 15.1. The van der Waals surface area contributed by atoms with Crippen molar-refractivity contribution in [1.82, 2.24) is 5.32 Å². The monoisotopic (exact) mass is 277 g/mol. The average molecular weight is 277 g/mol. The SMILES string of the molecule is Cc1ccc(C(=O)C(CCC(=O)O)NCC(C)C)cc1. The predicted molar refractivity (Wildman–Crippen MR) is 79.0 cm³/mol. The Kier molecular flexibility index (Phi) is 6.39. The number of carboxylic acid groups (broad SMARTS) is 1. The van der Waals surface area contributed by atoms with Crippen LogP contribution in [0.15, 0.2) is 24.3 Å². The van der Waals surface area contributed by atoms with Crippen LogP contribution in [0.25, 0.3) is 0 Å². The van der Waals surface area contributed by atoms with Gasteiger partial charge in [-0.2, -0.15) is 0 Å². The van der Waals surface area contributed by atoms with E-state index in [0.717, 1.165) is 5.56 Å². The zero-order valence-electron chi connectivity index (χ0n) is 12.3. The van der Waals surface area contributed by atoms with E-state index in [1.165, 1.54) is 0 Å². The summed E-state index contributed by atoms with van der Waals surface area (Å²) in [4.78, 5) is 23.1. The molecule has 1 unspecified atom stereocenters. The Morgan fingerprint density at radius 3 is 2.30 bits per heavy atom.